The minimum atomic E-state index is 0.118. The van der Waals surface area contributed by atoms with E-state index in [0.717, 1.165) is 50.2 Å². The van der Waals surface area contributed by atoms with Gasteiger partial charge in [-0.05, 0) is 50.6 Å². The lowest BCUT2D eigenvalue weighted by molar-refractivity contribution is -0.121. The molecule has 0 radical (unpaired) electrons. The highest BCUT2D eigenvalue weighted by Crippen LogP contribution is 2.31. The molecule has 1 amide bonds. The second-order valence-electron chi connectivity index (χ2n) is 6.22. The van der Waals surface area contributed by atoms with Crippen molar-refractivity contribution >= 4 is 17.4 Å². The van der Waals surface area contributed by atoms with Crippen LogP contribution in [0.5, 0.6) is 0 Å². The lowest BCUT2D eigenvalue weighted by Gasteiger charge is -2.27. The molecule has 0 bridgehead atoms. The molecule has 6 nitrogen and oxygen atoms in total. The summed E-state index contributed by atoms with van der Waals surface area (Å²) in [5.41, 5.74) is 9.47. The average Bonchev–Trinajstić information content (AvgIpc) is 2.48. The fourth-order valence-corrected chi connectivity index (χ4v) is 2.99. The van der Waals surface area contributed by atoms with Crippen molar-refractivity contribution in [2.45, 2.75) is 32.1 Å². The third-order valence-corrected chi connectivity index (χ3v) is 4.16. The first-order valence-corrected chi connectivity index (χ1v) is 7.99. The first-order valence-electron chi connectivity index (χ1n) is 7.99. The van der Waals surface area contributed by atoms with Crippen LogP contribution in [0.1, 0.15) is 32.1 Å². The third-order valence-electron chi connectivity index (χ3n) is 4.16. The molecule has 0 aromatic carbocycles. The fourth-order valence-electron chi connectivity index (χ4n) is 2.99. The smallest absolute Gasteiger partial charge is 0.227 e. The van der Waals surface area contributed by atoms with Gasteiger partial charge in [-0.1, -0.05) is 0 Å². The lowest BCUT2D eigenvalue weighted by atomic mass is 9.80. The second kappa shape index (κ2) is 8.10. The molecule has 6 heteroatoms. The molecule has 122 valence electrons. The van der Waals surface area contributed by atoms with Crippen LogP contribution in [-0.2, 0) is 4.79 Å². The van der Waals surface area contributed by atoms with Crippen LogP contribution >= 0.6 is 0 Å². The highest BCUT2D eigenvalue weighted by Gasteiger charge is 2.25. The van der Waals surface area contributed by atoms with Gasteiger partial charge in [0.25, 0.3) is 0 Å². The third kappa shape index (κ3) is 4.96. The number of hydrogen-bond donors (Lipinski definition) is 3. The molecule has 0 unspecified atom stereocenters. The van der Waals surface area contributed by atoms with Crippen molar-refractivity contribution in [3.63, 3.8) is 0 Å². The topological polar surface area (TPSA) is 83.3 Å². The largest absolute Gasteiger partial charge is 0.330 e. The number of rotatable bonds is 6. The highest BCUT2D eigenvalue weighted by molar-refractivity contribution is 5.92. The summed E-state index contributed by atoms with van der Waals surface area (Å²) in [6.07, 6.45) is 6.92. The zero-order valence-corrected chi connectivity index (χ0v) is 13.5. The van der Waals surface area contributed by atoms with Crippen LogP contribution < -0.4 is 16.5 Å². The van der Waals surface area contributed by atoms with Gasteiger partial charge in [0.15, 0.2) is 0 Å². The zero-order chi connectivity index (χ0) is 15.9. The number of nitrogens with zero attached hydrogens (tertiary/aromatic N) is 2. The first-order chi connectivity index (χ1) is 10.6. The predicted molar refractivity (Wildman–Crippen MR) is 89.3 cm³/mol. The van der Waals surface area contributed by atoms with E-state index in [9.17, 15) is 4.79 Å². The van der Waals surface area contributed by atoms with E-state index in [1.54, 1.807) is 6.20 Å². The molecule has 0 aliphatic heterocycles. The summed E-state index contributed by atoms with van der Waals surface area (Å²) in [6, 6.07) is 3.66. The van der Waals surface area contributed by atoms with E-state index >= 15 is 0 Å². The molecular weight excluding hydrogens is 278 g/mol. The fraction of sp³-hybridized carbons (Fsp3) is 0.625. The Hall–Kier alpha value is -1.66. The molecular formula is C16H27N5O. The van der Waals surface area contributed by atoms with Gasteiger partial charge >= 0.3 is 0 Å². The number of hydrogen-bond acceptors (Lipinski definition) is 5. The van der Waals surface area contributed by atoms with E-state index in [0.29, 0.717) is 5.92 Å². The summed E-state index contributed by atoms with van der Waals surface area (Å²) < 4.78 is 0. The number of amides is 1. The summed E-state index contributed by atoms with van der Waals surface area (Å²) in [5.74, 6) is 1.65. The Morgan fingerprint density at radius 2 is 2.09 bits per heavy atom. The van der Waals surface area contributed by atoms with Gasteiger partial charge in [-0.2, -0.15) is 0 Å². The maximum Gasteiger partial charge on any atom is 0.227 e. The van der Waals surface area contributed by atoms with Gasteiger partial charge in [0.1, 0.15) is 5.82 Å². The van der Waals surface area contributed by atoms with E-state index in [1.807, 2.05) is 31.2 Å². The quantitative estimate of drug-likeness (QED) is 0.701. The minimum absolute atomic E-state index is 0.118. The number of nitrogens with two attached hydrogens (primary N) is 1. The Kier molecular flexibility index (Phi) is 6.15. The summed E-state index contributed by atoms with van der Waals surface area (Å²) in [6.45, 7) is 0.750. The van der Waals surface area contributed by atoms with Crippen molar-refractivity contribution in [1.82, 2.24) is 9.99 Å². The maximum absolute atomic E-state index is 12.4. The Bertz CT molecular complexity index is 483. The monoisotopic (exact) mass is 305 g/mol. The van der Waals surface area contributed by atoms with Gasteiger partial charge in [-0.3, -0.25) is 4.79 Å². The molecule has 1 aromatic heterocycles. The average molecular weight is 305 g/mol. The van der Waals surface area contributed by atoms with Crippen molar-refractivity contribution in [2.24, 2.45) is 17.6 Å². The molecule has 0 spiro atoms. The van der Waals surface area contributed by atoms with Crippen LogP contribution in [0.3, 0.4) is 0 Å². The predicted octanol–water partition coefficient (Wildman–Crippen LogP) is 2.06. The number of anilines is 2. The Morgan fingerprint density at radius 1 is 1.36 bits per heavy atom. The number of carbonyl (C=O) groups excluding carboxylic acids is 1. The van der Waals surface area contributed by atoms with E-state index in [4.69, 9.17) is 5.73 Å². The molecule has 0 atom stereocenters. The van der Waals surface area contributed by atoms with E-state index in [-0.39, 0.29) is 11.8 Å². The molecule has 1 fully saturated rings. The van der Waals surface area contributed by atoms with E-state index in [1.165, 1.54) is 0 Å². The Labute approximate surface area is 132 Å². The van der Waals surface area contributed by atoms with Crippen molar-refractivity contribution in [3.8, 4) is 0 Å². The van der Waals surface area contributed by atoms with E-state index in [2.05, 4.69) is 15.7 Å². The summed E-state index contributed by atoms with van der Waals surface area (Å²) in [7, 11) is 3.79. The standard InChI is InChI=1S/C16H27N5O/c1-21(2)20-15-11-14(8-10-18-15)19-16(22)13-5-3-12(4-6-13)7-9-17/h8,10-13H,3-7,9,17H2,1-2H3,(H2,18,19,20,22)/t12-,13-. The summed E-state index contributed by atoms with van der Waals surface area (Å²) in [4.78, 5) is 16.6. The molecule has 1 aromatic rings. The SMILES string of the molecule is CN(C)Nc1cc(NC(=O)[C@H]2CC[C@H](CCN)CC2)ccn1. The Balaban J connectivity index is 1.87. The molecule has 0 saturated heterocycles. The minimum Gasteiger partial charge on any atom is -0.330 e. The van der Waals surface area contributed by atoms with Crippen LogP contribution in [-0.4, -0.2) is 36.5 Å². The van der Waals surface area contributed by atoms with Crippen molar-refractivity contribution < 1.29 is 4.79 Å². The van der Waals surface area contributed by atoms with Crippen molar-refractivity contribution in [3.05, 3.63) is 18.3 Å². The van der Waals surface area contributed by atoms with Gasteiger partial charge in [0.05, 0.1) is 0 Å². The van der Waals surface area contributed by atoms with Crippen LogP contribution in [0.4, 0.5) is 11.5 Å². The highest BCUT2D eigenvalue weighted by atomic mass is 16.1. The van der Waals surface area contributed by atoms with Gasteiger partial charge in [-0.15, -0.1) is 0 Å². The van der Waals surface area contributed by atoms with Crippen LogP contribution in [0.25, 0.3) is 0 Å². The number of nitrogens with one attached hydrogen (secondary N) is 2. The molecule has 1 aliphatic carbocycles. The summed E-state index contributed by atoms with van der Waals surface area (Å²) in [5, 5.41) is 4.82. The van der Waals surface area contributed by atoms with Crippen LogP contribution in [0.2, 0.25) is 0 Å². The first kappa shape index (κ1) is 16.7. The molecule has 1 heterocycles. The molecule has 1 aliphatic rings. The van der Waals surface area contributed by atoms with Gasteiger partial charge < -0.3 is 16.5 Å². The number of pyridine rings is 1. The number of aromatic nitrogens is 1. The van der Waals surface area contributed by atoms with E-state index < -0.39 is 0 Å². The number of carbonyl (C=O) groups is 1. The maximum atomic E-state index is 12.4. The number of hydrazine groups is 1. The van der Waals surface area contributed by atoms with Crippen molar-refractivity contribution in [1.29, 1.82) is 0 Å². The summed E-state index contributed by atoms with van der Waals surface area (Å²) >= 11 is 0. The second-order valence-corrected chi connectivity index (χ2v) is 6.22. The van der Waals surface area contributed by atoms with Crippen molar-refractivity contribution in [2.75, 3.05) is 31.4 Å². The molecule has 2 rings (SSSR count). The van der Waals surface area contributed by atoms with Gasteiger partial charge in [0, 0.05) is 38.0 Å². The van der Waals surface area contributed by atoms with Gasteiger partial charge in [-0.25, -0.2) is 9.99 Å². The van der Waals surface area contributed by atoms with Crippen LogP contribution in [0.15, 0.2) is 18.3 Å². The molecule has 1 saturated carbocycles. The molecule has 4 N–H and O–H groups in total. The lowest BCUT2D eigenvalue weighted by Crippen LogP contribution is -2.28. The Morgan fingerprint density at radius 3 is 2.73 bits per heavy atom. The van der Waals surface area contributed by atoms with Crippen LogP contribution in [0, 0.1) is 11.8 Å². The van der Waals surface area contributed by atoms with Gasteiger partial charge in [0.2, 0.25) is 5.91 Å². The molecule has 22 heavy (non-hydrogen) atoms. The zero-order valence-electron chi connectivity index (χ0n) is 13.5. The normalized spacial score (nSPS) is 21.6.